The van der Waals surface area contributed by atoms with E-state index in [1.807, 2.05) is 0 Å². The van der Waals surface area contributed by atoms with Gasteiger partial charge in [0.2, 0.25) is 0 Å². The molecule has 12 heavy (non-hydrogen) atoms. The number of rotatable bonds is 2. The zero-order valence-electron chi connectivity index (χ0n) is 6.80. The van der Waals surface area contributed by atoms with Gasteiger partial charge in [0.1, 0.15) is 0 Å². The highest BCUT2D eigenvalue weighted by molar-refractivity contribution is 7.80. The monoisotopic (exact) mass is 180 g/mol. The summed E-state index contributed by atoms with van der Waals surface area (Å²) in [7, 11) is 0. The van der Waals surface area contributed by atoms with Gasteiger partial charge in [0.15, 0.2) is 0 Å². The number of anilines is 2. The van der Waals surface area contributed by atoms with Crippen molar-refractivity contribution in [3.8, 4) is 0 Å². The molecule has 2 rings (SSSR count). The van der Waals surface area contributed by atoms with Crippen molar-refractivity contribution >= 4 is 24.0 Å². The fraction of sp³-hybridized carbons (Fsp3) is 0.333. The Kier molecular flexibility index (Phi) is 2.13. The lowest BCUT2D eigenvalue weighted by molar-refractivity contribution is 1.17. The first-order valence-corrected chi connectivity index (χ1v) is 4.75. The van der Waals surface area contributed by atoms with Gasteiger partial charge in [-0.3, -0.25) is 0 Å². The van der Waals surface area contributed by atoms with Crippen molar-refractivity contribution in [1.29, 1.82) is 0 Å². The van der Waals surface area contributed by atoms with Crippen molar-refractivity contribution in [2.45, 2.75) is 6.42 Å². The summed E-state index contributed by atoms with van der Waals surface area (Å²) in [5.74, 6) is 0.909. The minimum absolute atomic E-state index is 0.847. The zero-order valence-corrected chi connectivity index (χ0v) is 7.70. The van der Waals surface area contributed by atoms with Crippen molar-refractivity contribution in [2.24, 2.45) is 0 Å². The second-order valence-corrected chi connectivity index (χ2v) is 3.33. The fourth-order valence-electron chi connectivity index (χ4n) is 1.41. The predicted molar refractivity (Wildman–Crippen MR) is 56.1 cm³/mol. The number of benzene rings is 1. The van der Waals surface area contributed by atoms with Gasteiger partial charge in [-0.05, 0) is 29.9 Å². The van der Waals surface area contributed by atoms with Crippen LogP contribution in [0, 0.1) is 0 Å². The normalized spacial score (nSPS) is 13.4. The van der Waals surface area contributed by atoms with E-state index in [0.29, 0.717) is 0 Å². The lowest BCUT2D eigenvalue weighted by atomic mass is 10.1. The number of nitrogens with one attached hydrogen (secondary N) is 2. The molecular formula is C9H12N2S. The van der Waals surface area contributed by atoms with Crippen LogP contribution >= 0.6 is 12.6 Å². The summed E-state index contributed by atoms with van der Waals surface area (Å²) in [4.78, 5) is 0. The van der Waals surface area contributed by atoms with E-state index < -0.39 is 0 Å². The molecule has 1 aromatic rings. The number of hydrogen-bond acceptors (Lipinski definition) is 3. The molecule has 2 N–H and O–H groups in total. The van der Waals surface area contributed by atoms with E-state index in [0.717, 1.165) is 18.8 Å². The summed E-state index contributed by atoms with van der Waals surface area (Å²) in [6.07, 6.45) is 1.04. The Balaban J connectivity index is 2.26. The summed E-state index contributed by atoms with van der Waals surface area (Å²) in [5, 5.41) is 6.50. The van der Waals surface area contributed by atoms with Crippen LogP contribution in [0.15, 0.2) is 18.2 Å². The molecule has 1 aliphatic rings. The molecule has 0 atom stereocenters. The van der Waals surface area contributed by atoms with Crippen LogP contribution in [0.25, 0.3) is 0 Å². The van der Waals surface area contributed by atoms with Crippen LogP contribution in [-0.4, -0.2) is 12.4 Å². The van der Waals surface area contributed by atoms with Crippen LogP contribution in [0.5, 0.6) is 0 Å². The summed E-state index contributed by atoms with van der Waals surface area (Å²) in [5.41, 5.74) is 3.77. The second-order valence-electron chi connectivity index (χ2n) is 2.88. The third kappa shape index (κ3) is 1.37. The maximum Gasteiger partial charge on any atom is 0.0850 e. The van der Waals surface area contributed by atoms with Crippen LogP contribution < -0.4 is 10.6 Å². The SMILES string of the molecule is SCCc1ccc2c(c1)NCN2. The molecule has 1 aliphatic heterocycles. The summed E-state index contributed by atoms with van der Waals surface area (Å²) in [6, 6.07) is 6.45. The van der Waals surface area contributed by atoms with Gasteiger partial charge in [-0.2, -0.15) is 12.6 Å². The first-order valence-electron chi connectivity index (χ1n) is 4.11. The molecule has 0 bridgehead atoms. The molecule has 1 heterocycles. The van der Waals surface area contributed by atoms with E-state index in [1.54, 1.807) is 0 Å². The average Bonchev–Trinajstić information content (AvgIpc) is 2.51. The van der Waals surface area contributed by atoms with E-state index in [1.165, 1.54) is 16.9 Å². The van der Waals surface area contributed by atoms with Gasteiger partial charge in [0.25, 0.3) is 0 Å². The lowest BCUT2D eigenvalue weighted by Gasteiger charge is -2.01. The third-order valence-corrected chi connectivity index (χ3v) is 2.27. The van der Waals surface area contributed by atoms with Gasteiger partial charge in [-0.1, -0.05) is 6.07 Å². The molecule has 0 unspecified atom stereocenters. The molecule has 0 radical (unpaired) electrons. The highest BCUT2D eigenvalue weighted by Gasteiger charge is 2.07. The van der Waals surface area contributed by atoms with Crippen molar-refractivity contribution in [3.63, 3.8) is 0 Å². The molecular weight excluding hydrogens is 168 g/mol. The van der Waals surface area contributed by atoms with Gasteiger partial charge in [-0.25, -0.2) is 0 Å². The summed E-state index contributed by atoms with van der Waals surface area (Å²) in [6.45, 7) is 0.847. The van der Waals surface area contributed by atoms with Gasteiger partial charge in [0.05, 0.1) is 18.0 Å². The molecule has 1 aromatic carbocycles. The van der Waals surface area contributed by atoms with Crippen LogP contribution in [0.4, 0.5) is 11.4 Å². The van der Waals surface area contributed by atoms with Crippen molar-refractivity contribution in [2.75, 3.05) is 23.1 Å². The Labute approximate surface area is 77.8 Å². The average molecular weight is 180 g/mol. The van der Waals surface area contributed by atoms with E-state index in [2.05, 4.69) is 41.5 Å². The molecule has 0 spiro atoms. The highest BCUT2D eigenvalue weighted by Crippen LogP contribution is 2.26. The molecule has 0 fully saturated rings. The van der Waals surface area contributed by atoms with E-state index in [-0.39, 0.29) is 0 Å². The minimum Gasteiger partial charge on any atom is -0.366 e. The standard InChI is InChI=1S/C9H12N2S/c12-4-3-7-1-2-8-9(5-7)11-6-10-8/h1-2,5,10-12H,3-4,6H2. The number of aryl methyl sites for hydroxylation is 1. The Morgan fingerprint density at radius 3 is 2.92 bits per heavy atom. The van der Waals surface area contributed by atoms with Gasteiger partial charge >= 0.3 is 0 Å². The molecule has 3 heteroatoms. The lowest BCUT2D eigenvalue weighted by Crippen LogP contribution is -1.99. The molecule has 0 amide bonds. The minimum atomic E-state index is 0.847. The molecule has 0 aliphatic carbocycles. The van der Waals surface area contributed by atoms with Crippen molar-refractivity contribution < 1.29 is 0 Å². The smallest absolute Gasteiger partial charge is 0.0850 e. The Bertz CT molecular complexity index is 286. The molecule has 0 aromatic heterocycles. The van der Waals surface area contributed by atoms with Crippen molar-refractivity contribution in [1.82, 2.24) is 0 Å². The van der Waals surface area contributed by atoms with Gasteiger partial charge < -0.3 is 10.6 Å². The predicted octanol–water partition coefficient (Wildman–Crippen LogP) is 1.95. The van der Waals surface area contributed by atoms with E-state index in [9.17, 15) is 0 Å². The maximum atomic E-state index is 4.20. The van der Waals surface area contributed by atoms with Crippen LogP contribution in [0.2, 0.25) is 0 Å². The Morgan fingerprint density at radius 1 is 1.25 bits per heavy atom. The Morgan fingerprint density at radius 2 is 2.08 bits per heavy atom. The Hall–Kier alpha value is -0.830. The first-order chi connectivity index (χ1) is 5.90. The van der Waals surface area contributed by atoms with Crippen LogP contribution in [0.3, 0.4) is 0 Å². The van der Waals surface area contributed by atoms with Crippen molar-refractivity contribution in [3.05, 3.63) is 23.8 Å². The molecule has 64 valence electrons. The largest absolute Gasteiger partial charge is 0.366 e. The van der Waals surface area contributed by atoms with E-state index in [4.69, 9.17) is 0 Å². The highest BCUT2D eigenvalue weighted by atomic mass is 32.1. The zero-order chi connectivity index (χ0) is 8.39. The summed E-state index contributed by atoms with van der Waals surface area (Å²) < 4.78 is 0. The quantitative estimate of drug-likeness (QED) is 0.606. The number of hydrogen-bond donors (Lipinski definition) is 3. The number of fused-ring (bicyclic) bond motifs is 1. The third-order valence-electron chi connectivity index (χ3n) is 2.04. The first kappa shape index (κ1) is 7.80. The molecule has 0 saturated heterocycles. The topological polar surface area (TPSA) is 24.1 Å². The second kappa shape index (κ2) is 3.27. The fourth-order valence-corrected chi connectivity index (χ4v) is 1.67. The van der Waals surface area contributed by atoms with Gasteiger partial charge in [0, 0.05) is 0 Å². The maximum absolute atomic E-state index is 4.20. The van der Waals surface area contributed by atoms with Crippen LogP contribution in [-0.2, 0) is 6.42 Å². The molecule has 2 nitrogen and oxygen atoms in total. The molecule has 0 saturated carbocycles. The van der Waals surface area contributed by atoms with E-state index >= 15 is 0 Å². The van der Waals surface area contributed by atoms with Gasteiger partial charge in [-0.15, -0.1) is 0 Å². The summed E-state index contributed by atoms with van der Waals surface area (Å²) >= 11 is 4.20. The number of thiol groups is 1. The van der Waals surface area contributed by atoms with Crippen LogP contribution in [0.1, 0.15) is 5.56 Å².